The zero-order valence-corrected chi connectivity index (χ0v) is 35.4. The van der Waals surface area contributed by atoms with Gasteiger partial charge < -0.3 is 29.9 Å². The number of esters is 2. The Labute approximate surface area is 342 Å². The zero-order valence-electron chi connectivity index (χ0n) is 35.4. The van der Waals surface area contributed by atoms with Crippen molar-refractivity contribution in [2.75, 3.05) is 0 Å². The summed E-state index contributed by atoms with van der Waals surface area (Å²) in [7, 11) is 0. The molecule has 0 fully saturated rings. The van der Waals surface area contributed by atoms with Crippen molar-refractivity contribution >= 4 is 35.8 Å². The second-order valence-electron chi connectivity index (χ2n) is 14.7. The Morgan fingerprint density at radius 1 is 0.491 bits per heavy atom. The maximum atomic E-state index is 12.2. The van der Waals surface area contributed by atoms with Crippen molar-refractivity contribution in [3.8, 4) is 0 Å². The molecule has 0 rings (SSSR count). The van der Waals surface area contributed by atoms with E-state index in [1.54, 1.807) is 0 Å². The molecule has 0 saturated heterocycles. The maximum Gasteiger partial charge on any atom is 0.349 e. The third kappa shape index (κ3) is 37.4. The number of carboxylic acids is 4. The van der Waals surface area contributed by atoms with Gasteiger partial charge in [0.2, 0.25) is 5.60 Å². The van der Waals surface area contributed by atoms with Gasteiger partial charge in [-0.05, 0) is 77.6 Å². The van der Waals surface area contributed by atoms with E-state index in [4.69, 9.17) is 24.8 Å². The molecule has 1 atom stereocenters. The Kier molecular flexibility index (Phi) is 37.6. The smallest absolute Gasteiger partial charge is 0.349 e. The van der Waals surface area contributed by atoms with E-state index in [2.05, 4.69) is 50.3 Å². The third-order valence-corrected chi connectivity index (χ3v) is 9.18. The van der Waals surface area contributed by atoms with E-state index in [0.29, 0.717) is 12.8 Å². The molecule has 12 nitrogen and oxygen atoms in total. The summed E-state index contributed by atoms with van der Waals surface area (Å²) in [6.45, 7) is 5.60. The minimum atomic E-state index is -2.81. The van der Waals surface area contributed by atoms with Crippen LogP contribution >= 0.6 is 0 Å². The lowest BCUT2D eigenvalue weighted by Crippen LogP contribution is -2.48. The molecular formula is C45H76O12. The van der Waals surface area contributed by atoms with Crippen LogP contribution in [-0.2, 0) is 38.2 Å². The Balaban J connectivity index is 0. The van der Waals surface area contributed by atoms with Gasteiger partial charge in [0.1, 0.15) is 0 Å². The van der Waals surface area contributed by atoms with Gasteiger partial charge in [0.15, 0.2) is 6.10 Å². The number of allylic oxidation sites excluding steroid dienone is 6. The number of aliphatic carboxylic acids is 4. The van der Waals surface area contributed by atoms with Crippen LogP contribution in [0.25, 0.3) is 0 Å². The number of carbonyl (C=O) groups is 6. The summed E-state index contributed by atoms with van der Waals surface area (Å²) in [5.74, 6) is -7.93. The van der Waals surface area contributed by atoms with Crippen LogP contribution in [0.2, 0.25) is 0 Å². The number of carbonyl (C=O) groups excluding carboxylic acids is 2. The minimum absolute atomic E-state index is 0.0596. The largest absolute Gasteiger partial charge is 0.481 e. The molecule has 0 aliphatic carbocycles. The molecule has 0 aromatic rings. The molecule has 0 amide bonds. The lowest BCUT2D eigenvalue weighted by Gasteiger charge is -2.27. The molecule has 0 aromatic heterocycles. The maximum absolute atomic E-state index is 12.2. The van der Waals surface area contributed by atoms with Crippen LogP contribution in [0.4, 0.5) is 0 Å². The highest BCUT2D eigenvalue weighted by molar-refractivity contribution is 5.91. The quantitative estimate of drug-likeness (QED) is 0.0263. The first-order valence-electron chi connectivity index (χ1n) is 21.6. The van der Waals surface area contributed by atoms with Gasteiger partial charge in [-0.15, -0.1) is 0 Å². The van der Waals surface area contributed by atoms with Gasteiger partial charge in [-0.25, -0.2) is 9.59 Å². The standard InChI is InChI=1S/C27H44O10.C18H32O2/c1-3-4-5-6-7-8-9-10-11-12-13-14-15-16-17-18-24(32)36-21(2)25(33)37-27(26(34)35,19-22(28)29)20-23(30)31;1-2-3-4-5-6-7-8-9-10-11-12-13-14-15-16-17-18(19)20/h10-11,21H,3-9,12-20H2,1-2H3,(H,28,29)(H,30,31)(H,34,35);6-7,9-10H,2-5,8,11-17H2,1H3,(H,19,20)/b11-10-;7-6-,10-9-. The monoisotopic (exact) mass is 809 g/mol. The van der Waals surface area contributed by atoms with Gasteiger partial charge in [0.25, 0.3) is 0 Å². The Morgan fingerprint density at radius 3 is 1.28 bits per heavy atom. The first-order chi connectivity index (χ1) is 27.3. The summed E-state index contributed by atoms with van der Waals surface area (Å²) in [5, 5.41) is 35.7. The molecule has 0 aliphatic rings. The Bertz CT molecular complexity index is 1160. The SMILES string of the molecule is CCCCC/C=C\C/C=C\CCCCCCCC(=O)O.CCCCCCCC/C=C\CCCCCCCC(=O)OC(C)C(=O)OC(CC(=O)O)(CC(=O)O)C(=O)O. The number of rotatable bonds is 37. The third-order valence-electron chi connectivity index (χ3n) is 9.18. The van der Waals surface area contributed by atoms with Crippen molar-refractivity contribution in [1.29, 1.82) is 0 Å². The molecule has 0 aliphatic heterocycles. The van der Waals surface area contributed by atoms with E-state index < -0.39 is 60.4 Å². The van der Waals surface area contributed by atoms with Crippen LogP contribution in [0.1, 0.15) is 201 Å². The van der Waals surface area contributed by atoms with E-state index in [-0.39, 0.29) is 6.42 Å². The molecule has 1 unspecified atom stereocenters. The van der Waals surface area contributed by atoms with Crippen molar-refractivity contribution in [3.05, 3.63) is 36.5 Å². The lowest BCUT2D eigenvalue weighted by molar-refractivity contribution is -0.193. The van der Waals surface area contributed by atoms with E-state index in [0.717, 1.165) is 71.1 Å². The van der Waals surface area contributed by atoms with E-state index in [1.807, 2.05) is 0 Å². The summed E-state index contributed by atoms with van der Waals surface area (Å²) >= 11 is 0. The zero-order chi connectivity index (χ0) is 43.0. The Morgan fingerprint density at radius 2 is 0.860 bits per heavy atom. The van der Waals surface area contributed by atoms with Crippen molar-refractivity contribution in [3.63, 3.8) is 0 Å². The molecule has 0 heterocycles. The molecule has 328 valence electrons. The number of ether oxygens (including phenoxy) is 2. The number of carboxylic acid groups (broad SMARTS) is 4. The highest BCUT2D eigenvalue weighted by Crippen LogP contribution is 2.24. The van der Waals surface area contributed by atoms with Gasteiger partial charge in [-0.3, -0.25) is 19.2 Å². The summed E-state index contributed by atoms with van der Waals surface area (Å²) in [6.07, 6.45) is 37.2. The van der Waals surface area contributed by atoms with Gasteiger partial charge in [0.05, 0.1) is 12.8 Å². The molecule has 57 heavy (non-hydrogen) atoms. The summed E-state index contributed by atoms with van der Waals surface area (Å²) in [5.41, 5.74) is -2.81. The molecule has 4 N–H and O–H groups in total. The van der Waals surface area contributed by atoms with Gasteiger partial charge in [0, 0.05) is 12.8 Å². The molecule has 12 heteroatoms. The average Bonchev–Trinajstić information content (AvgIpc) is 3.14. The first kappa shape index (κ1) is 55.1. The van der Waals surface area contributed by atoms with Crippen molar-refractivity contribution in [1.82, 2.24) is 0 Å². The van der Waals surface area contributed by atoms with E-state index in [1.165, 1.54) is 83.5 Å². The van der Waals surface area contributed by atoms with Crippen LogP contribution in [0, 0.1) is 0 Å². The summed E-state index contributed by atoms with van der Waals surface area (Å²) < 4.78 is 9.69. The highest BCUT2D eigenvalue weighted by Gasteiger charge is 2.48. The molecule has 0 bridgehead atoms. The molecule has 0 aromatic carbocycles. The predicted molar refractivity (Wildman–Crippen MR) is 223 cm³/mol. The van der Waals surface area contributed by atoms with Gasteiger partial charge in [-0.1, -0.05) is 134 Å². The number of hydrogen-bond donors (Lipinski definition) is 4. The van der Waals surface area contributed by atoms with Crippen LogP contribution in [0.15, 0.2) is 36.5 Å². The van der Waals surface area contributed by atoms with Crippen molar-refractivity contribution < 1.29 is 58.7 Å². The molecule has 0 radical (unpaired) electrons. The van der Waals surface area contributed by atoms with Crippen LogP contribution < -0.4 is 0 Å². The predicted octanol–water partition coefficient (Wildman–Crippen LogP) is 11.2. The second kappa shape index (κ2) is 38.9. The molecule has 0 spiro atoms. The fourth-order valence-corrected chi connectivity index (χ4v) is 5.83. The first-order valence-corrected chi connectivity index (χ1v) is 21.6. The fraction of sp³-hybridized carbons (Fsp3) is 0.733. The average molecular weight is 809 g/mol. The van der Waals surface area contributed by atoms with Gasteiger partial charge in [-0.2, -0.15) is 0 Å². The van der Waals surface area contributed by atoms with Crippen LogP contribution in [-0.4, -0.2) is 67.9 Å². The highest BCUT2D eigenvalue weighted by atomic mass is 16.6. The van der Waals surface area contributed by atoms with Gasteiger partial charge >= 0.3 is 35.8 Å². The second-order valence-corrected chi connectivity index (χ2v) is 14.7. The fourth-order valence-electron chi connectivity index (χ4n) is 5.83. The molecular weight excluding hydrogens is 732 g/mol. The number of hydrogen-bond acceptors (Lipinski definition) is 8. The van der Waals surface area contributed by atoms with Crippen LogP contribution in [0.3, 0.4) is 0 Å². The van der Waals surface area contributed by atoms with E-state index >= 15 is 0 Å². The van der Waals surface area contributed by atoms with E-state index in [9.17, 15) is 33.9 Å². The van der Waals surface area contributed by atoms with Crippen molar-refractivity contribution in [2.24, 2.45) is 0 Å². The van der Waals surface area contributed by atoms with Crippen LogP contribution in [0.5, 0.6) is 0 Å². The summed E-state index contributed by atoms with van der Waals surface area (Å²) in [6, 6.07) is 0. The normalized spacial score (nSPS) is 12.1. The summed E-state index contributed by atoms with van der Waals surface area (Å²) in [4.78, 5) is 68.1. The number of unbranched alkanes of at least 4 members (excludes halogenated alkanes) is 19. The lowest BCUT2D eigenvalue weighted by atomic mass is 9.95. The minimum Gasteiger partial charge on any atom is -0.481 e. The van der Waals surface area contributed by atoms with Crippen molar-refractivity contribution in [2.45, 2.75) is 212 Å². The topological polar surface area (TPSA) is 202 Å². The Hall–Kier alpha value is -3.96. The molecule has 0 saturated carbocycles.